The lowest BCUT2D eigenvalue weighted by atomic mass is 10.2. The maximum atomic E-state index is 10.1. The number of ether oxygens (including phenoxy) is 2. The van der Waals surface area contributed by atoms with Gasteiger partial charge in [0.15, 0.2) is 0 Å². The number of β-amino-alcohol motifs (C(OH)–C–C–N with tert-alkyl or cyclic N) is 1. The molecule has 1 heterocycles. The van der Waals surface area contributed by atoms with Crippen molar-refractivity contribution in [1.82, 2.24) is 4.90 Å². The minimum atomic E-state index is -0.480. The number of halogens is 1. The Balaban J connectivity index is 0.00000220. The molecule has 0 amide bonds. The first kappa shape index (κ1) is 18.2. The molecule has 1 aliphatic rings. The molecule has 1 aromatic carbocycles. The Kier molecular flexibility index (Phi) is 7.46. The number of morpholine rings is 1. The van der Waals surface area contributed by atoms with Gasteiger partial charge in [0.2, 0.25) is 0 Å². The van der Waals surface area contributed by atoms with Gasteiger partial charge in [-0.25, -0.2) is 0 Å². The average Bonchev–Trinajstić information content (AvgIpc) is 2.36. The summed E-state index contributed by atoms with van der Waals surface area (Å²) in [6.45, 7) is 8.83. The van der Waals surface area contributed by atoms with E-state index in [1.807, 2.05) is 31.2 Å². The lowest BCUT2D eigenvalue weighted by molar-refractivity contribution is -0.0786. The van der Waals surface area contributed by atoms with Gasteiger partial charge in [-0.05, 0) is 32.4 Å². The smallest absolute Gasteiger partial charge is 0.122 e. The highest BCUT2D eigenvalue weighted by Crippen LogP contribution is 2.17. The van der Waals surface area contributed by atoms with Crippen LogP contribution in [0.2, 0.25) is 0 Å². The topological polar surface area (TPSA) is 41.9 Å². The first-order valence-corrected chi connectivity index (χ1v) is 7.29. The second-order valence-corrected chi connectivity index (χ2v) is 5.71. The number of rotatable bonds is 5. The normalized spacial score (nSPS) is 24.2. The number of para-hydroxylation sites is 1. The van der Waals surface area contributed by atoms with E-state index in [2.05, 4.69) is 18.7 Å². The maximum absolute atomic E-state index is 10.1. The number of nitrogens with zero attached hydrogens (tertiary/aromatic N) is 1. The first-order chi connectivity index (χ1) is 9.54. The van der Waals surface area contributed by atoms with E-state index in [4.69, 9.17) is 9.47 Å². The van der Waals surface area contributed by atoms with Crippen LogP contribution in [0.1, 0.15) is 19.4 Å². The van der Waals surface area contributed by atoms with Crippen LogP contribution in [0.4, 0.5) is 0 Å². The Bertz CT molecular complexity index is 420. The van der Waals surface area contributed by atoms with Gasteiger partial charge in [-0.2, -0.15) is 0 Å². The monoisotopic (exact) mass is 315 g/mol. The van der Waals surface area contributed by atoms with Crippen molar-refractivity contribution >= 4 is 12.4 Å². The van der Waals surface area contributed by atoms with E-state index in [9.17, 15) is 5.11 Å². The molecular formula is C16H26ClNO3. The van der Waals surface area contributed by atoms with E-state index >= 15 is 0 Å². The molecule has 1 saturated heterocycles. The molecule has 0 aromatic heterocycles. The van der Waals surface area contributed by atoms with Crippen LogP contribution in [-0.4, -0.2) is 54.6 Å². The van der Waals surface area contributed by atoms with Crippen molar-refractivity contribution < 1.29 is 14.6 Å². The van der Waals surface area contributed by atoms with E-state index in [0.29, 0.717) is 13.2 Å². The van der Waals surface area contributed by atoms with Crippen LogP contribution >= 0.6 is 12.4 Å². The molecule has 0 aliphatic carbocycles. The Hall–Kier alpha value is -0.810. The molecule has 1 N–H and O–H groups in total. The summed E-state index contributed by atoms with van der Waals surface area (Å²) in [5.41, 5.74) is 1.09. The molecule has 1 aliphatic heterocycles. The summed E-state index contributed by atoms with van der Waals surface area (Å²) in [5.74, 6) is 0.843. The van der Waals surface area contributed by atoms with Gasteiger partial charge in [0.1, 0.15) is 18.5 Å². The zero-order chi connectivity index (χ0) is 14.5. The fraction of sp³-hybridized carbons (Fsp3) is 0.625. The SMILES string of the molecule is Cc1ccccc1OCC(O)CN1CC(C)OC(C)C1.Cl. The molecule has 120 valence electrons. The fourth-order valence-electron chi connectivity index (χ4n) is 2.69. The van der Waals surface area contributed by atoms with Crippen molar-refractivity contribution in [1.29, 1.82) is 0 Å². The van der Waals surface area contributed by atoms with Crippen LogP contribution in [0.3, 0.4) is 0 Å². The molecule has 5 heteroatoms. The first-order valence-electron chi connectivity index (χ1n) is 7.29. The predicted octanol–water partition coefficient (Wildman–Crippen LogP) is 2.27. The lowest BCUT2D eigenvalue weighted by Gasteiger charge is -2.36. The van der Waals surface area contributed by atoms with Gasteiger partial charge < -0.3 is 14.6 Å². The number of hydrogen-bond acceptors (Lipinski definition) is 4. The summed E-state index contributed by atoms with van der Waals surface area (Å²) < 4.78 is 11.4. The van der Waals surface area contributed by atoms with Crippen LogP contribution in [0.5, 0.6) is 5.75 Å². The third kappa shape index (κ3) is 5.83. The largest absolute Gasteiger partial charge is 0.491 e. The van der Waals surface area contributed by atoms with E-state index in [1.54, 1.807) is 0 Å². The lowest BCUT2D eigenvalue weighted by Crippen LogP contribution is -2.48. The second-order valence-electron chi connectivity index (χ2n) is 5.71. The number of aryl methyl sites for hydroxylation is 1. The summed E-state index contributed by atoms with van der Waals surface area (Å²) >= 11 is 0. The third-order valence-corrected chi connectivity index (χ3v) is 3.49. The standard InChI is InChI=1S/C16H25NO3.ClH/c1-12-6-4-5-7-16(12)19-11-15(18)10-17-8-13(2)20-14(3)9-17;/h4-7,13-15,18H,8-11H2,1-3H3;1H. The Morgan fingerprint density at radius 1 is 1.29 bits per heavy atom. The van der Waals surface area contributed by atoms with Crippen molar-refractivity contribution in [3.05, 3.63) is 29.8 Å². The van der Waals surface area contributed by atoms with Crippen LogP contribution in [0.15, 0.2) is 24.3 Å². The van der Waals surface area contributed by atoms with E-state index < -0.39 is 6.10 Å². The van der Waals surface area contributed by atoms with Gasteiger partial charge >= 0.3 is 0 Å². The van der Waals surface area contributed by atoms with Crippen molar-refractivity contribution in [2.45, 2.75) is 39.1 Å². The summed E-state index contributed by atoms with van der Waals surface area (Å²) in [6.07, 6.45) is -0.0291. The predicted molar refractivity (Wildman–Crippen MR) is 86.4 cm³/mol. The van der Waals surface area contributed by atoms with Gasteiger partial charge in [-0.3, -0.25) is 4.90 Å². The second kappa shape index (κ2) is 8.59. The Labute approximate surface area is 133 Å². The van der Waals surface area contributed by atoms with E-state index in [-0.39, 0.29) is 24.6 Å². The summed E-state index contributed by atoms with van der Waals surface area (Å²) in [6, 6.07) is 7.86. The number of hydrogen-bond donors (Lipinski definition) is 1. The molecule has 21 heavy (non-hydrogen) atoms. The van der Waals surface area contributed by atoms with Crippen molar-refractivity contribution in [3.63, 3.8) is 0 Å². The summed E-state index contributed by atoms with van der Waals surface area (Å²) in [7, 11) is 0. The third-order valence-electron chi connectivity index (χ3n) is 3.49. The minimum absolute atomic E-state index is 0. The molecule has 4 nitrogen and oxygen atoms in total. The number of benzene rings is 1. The Morgan fingerprint density at radius 2 is 1.90 bits per heavy atom. The van der Waals surface area contributed by atoms with Crippen molar-refractivity contribution in [2.24, 2.45) is 0 Å². The van der Waals surface area contributed by atoms with Crippen LogP contribution in [0.25, 0.3) is 0 Å². The highest BCUT2D eigenvalue weighted by molar-refractivity contribution is 5.85. The van der Waals surface area contributed by atoms with Gasteiger partial charge in [0.25, 0.3) is 0 Å². The van der Waals surface area contributed by atoms with Gasteiger partial charge in [0, 0.05) is 19.6 Å². The summed E-state index contributed by atoms with van der Waals surface area (Å²) in [5, 5.41) is 10.1. The molecule has 3 atom stereocenters. The van der Waals surface area contributed by atoms with Crippen LogP contribution in [0, 0.1) is 6.92 Å². The zero-order valence-corrected chi connectivity index (χ0v) is 13.8. The molecule has 0 saturated carbocycles. The molecule has 0 radical (unpaired) electrons. The highest BCUT2D eigenvalue weighted by atomic mass is 35.5. The number of aliphatic hydroxyl groups is 1. The number of aliphatic hydroxyl groups excluding tert-OH is 1. The Morgan fingerprint density at radius 3 is 2.52 bits per heavy atom. The van der Waals surface area contributed by atoms with E-state index in [1.165, 1.54) is 0 Å². The van der Waals surface area contributed by atoms with Crippen LogP contribution in [-0.2, 0) is 4.74 Å². The van der Waals surface area contributed by atoms with E-state index in [0.717, 1.165) is 24.4 Å². The van der Waals surface area contributed by atoms with Crippen molar-refractivity contribution in [3.8, 4) is 5.75 Å². The minimum Gasteiger partial charge on any atom is -0.491 e. The average molecular weight is 316 g/mol. The molecule has 1 fully saturated rings. The fourth-order valence-corrected chi connectivity index (χ4v) is 2.69. The van der Waals surface area contributed by atoms with Gasteiger partial charge in [-0.1, -0.05) is 18.2 Å². The highest BCUT2D eigenvalue weighted by Gasteiger charge is 2.23. The maximum Gasteiger partial charge on any atom is 0.122 e. The van der Waals surface area contributed by atoms with Gasteiger partial charge in [0.05, 0.1) is 12.2 Å². The molecule has 0 spiro atoms. The molecule has 0 bridgehead atoms. The quantitative estimate of drug-likeness (QED) is 0.905. The summed E-state index contributed by atoms with van der Waals surface area (Å²) in [4.78, 5) is 2.24. The zero-order valence-electron chi connectivity index (χ0n) is 13.0. The van der Waals surface area contributed by atoms with Crippen molar-refractivity contribution in [2.75, 3.05) is 26.2 Å². The molecule has 2 rings (SSSR count). The van der Waals surface area contributed by atoms with Gasteiger partial charge in [-0.15, -0.1) is 12.4 Å². The molecule has 1 aromatic rings. The molecule has 3 unspecified atom stereocenters. The molecular weight excluding hydrogens is 290 g/mol. The van der Waals surface area contributed by atoms with Crippen LogP contribution < -0.4 is 4.74 Å².